The van der Waals surface area contributed by atoms with Crippen molar-refractivity contribution in [2.75, 3.05) is 25.1 Å². The van der Waals surface area contributed by atoms with E-state index in [0.717, 1.165) is 18.8 Å². The van der Waals surface area contributed by atoms with Gasteiger partial charge in [0.25, 0.3) is 0 Å². The first-order valence-electron chi connectivity index (χ1n) is 5.15. The highest BCUT2D eigenvalue weighted by Gasteiger charge is 2.30. The fourth-order valence-electron chi connectivity index (χ4n) is 1.92. The van der Waals surface area contributed by atoms with Crippen LogP contribution in [0.1, 0.15) is 6.42 Å². The lowest BCUT2D eigenvalue weighted by Crippen LogP contribution is -2.24. The lowest BCUT2D eigenvalue weighted by atomic mass is 10.1. The van der Waals surface area contributed by atoms with Crippen LogP contribution in [0, 0.1) is 5.92 Å². The molecular weight excluding hydrogens is 228 g/mol. The Morgan fingerprint density at radius 3 is 3.19 bits per heavy atom. The normalized spacial score (nSPS) is 19.9. The zero-order valence-electron chi connectivity index (χ0n) is 9.02. The monoisotopic (exact) mass is 240 g/mol. The van der Waals surface area contributed by atoms with E-state index >= 15 is 0 Å². The van der Waals surface area contributed by atoms with E-state index in [2.05, 4.69) is 4.98 Å². The number of ether oxygens (including phenoxy) is 1. The van der Waals surface area contributed by atoms with Crippen LogP contribution in [0.4, 0.5) is 5.82 Å². The molecule has 1 fully saturated rings. The Balaban J connectivity index is 2.09. The van der Waals surface area contributed by atoms with Crippen LogP contribution < -0.4 is 4.90 Å². The van der Waals surface area contributed by atoms with E-state index < -0.39 is 0 Å². The average Bonchev–Trinajstić information content (AvgIpc) is 2.78. The predicted molar refractivity (Wildman–Crippen MR) is 61.6 cm³/mol. The van der Waals surface area contributed by atoms with Gasteiger partial charge in [0.15, 0.2) is 0 Å². The maximum absolute atomic E-state index is 11.4. The van der Waals surface area contributed by atoms with Gasteiger partial charge in [-0.25, -0.2) is 4.98 Å². The van der Waals surface area contributed by atoms with Crippen LogP contribution in [0.5, 0.6) is 0 Å². The van der Waals surface area contributed by atoms with Gasteiger partial charge in [-0.3, -0.25) is 4.79 Å². The molecule has 0 N–H and O–H groups in total. The molecular formula is C11H13ClN2O2. The highest BCUT2D eigenvalue weighted by Crippen LogP contribution is 2.28. The van der Waals surface area contributed by atoms with E-state index in [0.29, 0.717) is 11.6 Å². The number of pyridine rings is 1. The van der Waals surface area contributed by atoms with Crippen LogP contribution in [-0.4, -0.2) is 31.2 Å². The van der Waals surface area contributed by atoms with E-state index in [1.165, 1.54) is 7.11 Å². The van der Waals surface area contributed by atoms with Gasteiger partial charge < -0.3 is 9.64 Å². The van der Waals surface area contributed by atoms with Gasteiger partial charge in [-0.15, -0.1) is 0 Å². The molecule has 1 aliphatic rings. The number of anilines is 1. The van der Waals surface area contributed by atoms with Crippen LogP contribution in [0.25, 0.3) is 0 Å². The van der Waals surface area contributed by atoms with Crippen molar-refractivity contribution >= 4 is 23.4 Å². The molecule has 0 aliphatic carbocycles. The van der Waals surface area contributed by atoms with Gasteiger partial charge in [0.05, 0.1) is 18.1 Å². The van der Waals surface area contributed by atoms with Gasteiger partial charge in [-0.05, 0) is 18.6 Å². The second-order valence-electron chi connectivity index (χ2n) is 3.76. The average molecular weight is 241 g/mol. The molecule has 5 heteroatoms. The van der Waals surface area contributed by atoms with Crippen molar-refractivity contribution < 1.29 is 9.53 Å². The van der Waals surface area contributed by atoms with Crippen molar-refractivity contribution in [1.82, 2.24) is 4.98 Å². The number of aromatic nitrogens is 1. The van der Waals surface area contributed by atoms with E-state index in [1.807, 2.05) is 4.90 Å². The Labute approximate surface area is 99.2 Å². The SMILES string of the molecule is COC(=O)C1CCN(c2ncccc2Cl)C1. The number of rotatable bonds is 2. The summed E-state index contributed by atoms with van der Waals surface area (Å²) >= 11 is 6.05. The molecule has 1 atom stereocenters. The third kappa shape index (κ3) is 2.11. The summed E-state index contributed by atoms with van der Waals surface area (Å²) in [4.78, 5) is 17.6. The highest BCUT2D eigenvalue weighted by atomic mass is 35.5. The molecule has 0 radical (unpaired) electrons. The van der Waals surface area contributed by atoms with Crippen molar-refractivity contribution in [3.63, 3.8) is 0 Å². The van der Waals surface area contributed by atoms with Crippen LogP contribution in [0.15, 0.2) is 18.3 Å². The lowest BCUT2D eigenvalue weighted by molar-refractivity contribution is -0.144. The van der Waals surface area contributed by atoms with Crippen LogP contribution in [-0.2, 0) is 9.53 Å². The summed E-state index contributed by atoms with van der Waals surface area (Å²) in [6.07, 6.45) is 2.49. The molecule has 16 heavy (non-hydrogen) atoms. The molecule has 0 spiro atoms. The van der Waals surface area contributed by atoms with Crippen LogP contribution in [0.3, 0.4) is 0 Å². The number of methoxy groups -OCH3 is 1. The third-order valence-corrected chi connectivity index (χ3v) is 3.06. The summed E-state index contributed by atoms with van der Waals surface area (Å²) in [7, 11) is 1.42. The third-order valence-electron chi connectivity index (χ3n) is 2.76. The molecule has 1 aromatic heterocycles. The Morgan fingerprint density at radius 1 is 1.69 bits per heavy atom. The number of halogens is 1. The lowest BCUT2D eigenvalue weighted by Gasteiger charge is -2.17. The van der Waals surface area contributed by atoms with Gasteiger partial charge in [-0.2, -0.15) is 0 Å². The number of hydrogen-bond donors (Lipinski definition) is 0. The van der Waals surface area contributed by atoms with E-state index in [4.69, 9.17) is 16.3 Å². The number of esters is 1. The van der Waals surface area contributed by atoms with Gasteiger partial charge in [0, 0.05) is 19.3 Å². The molecule has 0 saturated carbocycles. The molecule has 2 rings (SSSR count). The van der Waals surface area contributed by atoms with Crippen LogP contribution >= 0.6 is 11.6 Å². The molecule has 0 aromatic carbocycles. The maximum Gasteiger partial charge on any atom is 0.310 e. The van der Waals surface area contributed by atoms with Gasteiger partial charge >= 0.3 is 5.97 Å². The zero-order chi connectivity index (χ0) is 11.5. The van der Waals surface area contributed by atoms with Crippen molar-refractivity contribution in [1.29, 1.82) is 0 Å². The van der Waals surface area contributed by atoms with Gasteiger partial charge in [0.1, 0.15) is 5.82 Å². The minimum absolute atomic E-state index is 0.0666. The number of carbonyl (C=O) groups is 1. The molecule has 1 unspecified atom stereocenters. The Morgan fingerprint density at radius 2 is 2.50 bits per heavy atom. The van der Waals surface area contributed by atoms with Gasteiger partial charge in [-0.1, -0.05) is 11.6 Å². The fraction of sp³-hybridized carbons (Fsp3) is 0.455. The molecule has 86 valence electrons. The molecule has 1 saturated heterocycles. The first-order chi connectivity index (χ1) is 7.72. The number of carbonyl (C=O) groups excluding carboxylic acids is 1. The maximum atomic E-state index is 11.4. The smallest absolute Gasteiger partial charge is 0.310 e. The largest absolute Gasteiger partial charge is 0.469 e. The predicted octanol–water partition coefficient (Wildman–Crippen LogP) is 1.73. The molecule has 4 nitrogen and oxygen atoms in total. The molecule has 2 heterocycles. The van der Waals surface area contributed by atoms with Crippen molar-refractivity contribution in [2.45, 2.75) is 6.42 Å². The zero-order valence-corrected chi connectivity index (χ0v) is 9.78. The quantitative estimate of drug-likeness (QED) is 0.739. The summed E-state index contributed by atoms with van der Waals surface area (Å²) in [6, 6.07) is 3.59. The minimum atomic E-state index is -0.158. The Bertz CT molecular complexity index is 397. The van der Waals surface area contributed by atoms with E-state index in [1.54, 1.807) is 18.3 Å². The van der Waals surface area contributed by atoms with Gasteiger partial charge in [0.2, 0.25) is 0 Å². The molecule has 1 aliphatic heterocycles. The molecule has 0 amide bonds. The first kappa shape index (κ1) is 11.2. The second-order valence-corrected chi connectivity index (χ2v) is 4.17. The number of nitrogens with zero attached hydrogens (tertiary/aromatic N) is 2. The highest BCUT2D eigenvalue weighted by molar-refractivity contribution is 6.32. The summed E-state index contributed by atoms with van der Waals surface area (Å²) in [5, 5.41) is 0.619. The second kappa shape index (κ2) is 4.70. The summed E-state index contributed by atoms with van der Waals surface area (Å²) < 4.78 is 4.73. The summed E-state index contributed by atoms with van der Waals surface area (Å²) in [5.74, 6) is 0.521. The van der Waals surface area contributed by atoms with Crippen molar-refractivity contribution in [3.8, 4) is 0 Å². The standard InChI is InChI=1S/C11H13ClN2O2/c1-16-11(15)8-4-6-14(7-8)10-9(12)3-2-5-13-10/h2-3,5,8H,4,6-7H2,1H3. The Hall–Kier alpha value is -1.29. The van der Waals surface area contributed by atoms with Crippen molar-refractivity contribution in [2.24, 2.45) is 5.92 Å². The first-order valence-corrected chi connectivity index (χ1v) is 5.53. The fourth-order valence-corrected chi connectivity index (χ4v) is 2.16. The minimum Gasteiger partial charge on any atom is -0.469 e. The topological polar surface area (TPSA) is 42.4 Å². The molecule has 1 aromatic rings. The van der Waals surface area contributed by atoms with E-state index in [9.17, 15) is 4.79 Å². The number of hydrogen-bond acceptors (Lipinski definition) is 4. The van der Waals surface area contributed by atoms with Crippen molar-refractivity contribution in [3.05, 3.63) is 23.4 Å². The summed E-state index contributed by atoms with van der Waals surface area (Å²) in [5.41, 5.74) is 0. The Kier molecular flexibility index (Phi) is 3.29. The van der Waals surface area contributed by atoms with E-state index in [-0.39, 0.29) is 11.9 Å². The molecule has 0 bridgehead atoms. The van der Waals surface area contributed by atoms with Crippen LogP contribution in [0.2, 0.25) is 5.02 Å². The summed E-state index contributed by atoms with van der Waals surface area (Å²) in [6.45, 7) is 1.42.